The summed E-state index contributed by atoms with van der Waals surface area (Å²) in [7, 11) is 0. The minimum Gasteiger partial charge on any atom is -0.449 e. The number of ether oxygens (including phenoxy) is 2. The molecular weight excluding hydrogens is 977 g/mol. The number of rotatable bonds is 17. The van der Waals surface area contributed by atoms with Crippen molar-refractivity contribution >= 4 is 42.2 Å². The van der Waals surface area contributed by atoms with Crippen molar-refractivity contribution in [1.82, 2.24) is 40.5 Å². The molecule has 15 heteroatoms. The number of alkyl carbamates (subject to hydrolysis) is 1. The number of nitrogens with one attached hydrogen (secondary N) is 6. The number of benzene rings is 7. The van der Waals surface area contributed by atoms with E-state index in [0.717, 1.165) is 84.6 Å². The van der Waals surface area contributed by atoms with Gasteiger partial charge in [0.15, 0.2) is 0 Å². The summed E-state index contributed by atoms with van der Waals surface area (Å²) >= 11 is 0. The summed E-state index contributed by atoms with van der Waals surface area (Å²) in [4.78, 5) is 50.3. The molecule has 0 spiro atoms. The van der Waals surface area contributed by atoms with Gasteiger partial charge in [-0.1, -0.05) is 176 Å². The van der Waals surface area contributed by atoms with Gasteiger partial charge in [0.1, 0.15) is 24.3 Å². The molecule has 1 aliphatic carbocycles. The van der Waals surface area contributed by atoms with Crippen LogP contribution in [0.3, 0.4) is 0 Å². The van der Waals surface area contributed by atoms with Gasteiger partial charge >= 0.3 is 6.09 Å². The maximum atomic E-state index is 14.3. The molecule has 1 aliphatic rings. The van der Waals surface area contributed by atoms with E-state index < -0.39 is 24.1 Å². The van der Waals surface area contributed by atoms with Gasteiger partial charge in [-0.25, -0.2) is 14.8 Å². The SMILES string of the molecule is F.N[C@H](Cc1c[nH]c2ccccc12)c1ncc(-c2ccccc2)[nH]1.O=C(N[C@H](COCc1ccccc1)C(=O)N[C@H](Cc1c[nH]c2ccccc12)c1ncc(-c2ccccc2)[nH]1)OCC1c2ccccc2-c2ccccc21.[B]. The summed E-state index contributed by atoms with van der Waals surface area (Å²) in [6.45, 7) is 0.323. The lowest BCUT2D eigenvalue weighted by Crippen LogP contribution is -2.50. The number of aromatic nitrogens is 6. The molecule has 0 aliphatic heterocycles. The third-order valence-electron chi connectivity index (χ3n) is 13.9. The van der Waals surface area contributed by atoms with Gasteiger partial charge in [0.05, 0.1) is 49.1 Å². The highest BCUT2D eigenvalue weighted by atomic mass is 19.0. The second-order valence-corrected chi connectivity index (χ2v) is 18.9. The highest BCUT2D eigenvalue weighted by Gasteiger charge is 2.31. The zero-order valence-corrected chi connectivity index (χ0v) is 42.6. The van der Waals surface area contributed by atoms with Gasteiger partial charge in [0.25, 0.3) is 0 Å². The topological polar surface area (TPSA) is 192 Å². The van der Waals surface area contributed by atoms with E-state index in [2.05, 4.69) is 90.2 Å². The molecule has 0 unspecified atom stereocenters. The number of H-pyrrole nitrogens is 4. The summed E-state index contributed by atoms with van der Waals surface area (Å²) in [5.41, 5.74) is 20.1. The number of carbonyl (C=O) groups is 2. The van der Waals surface area contributed by atoms with Gasteiger partial charge in [0.2, 0.25) is 5.91 Å². The number of hydrogen-bond donors (Lipinski definition) is 7. The second-order valence-electron chi connectivity index (χ2n) is 18.9. The largest absolute Gasteiger partial charge is 0.449 e. The first-order chi connectivity index (χ1) is 37.4. The Morgan fingerprint density at radius 2 is 1.06 bits per heavy atom. The van der Waals surface area contributed by atoms with E-state index in [1.54, 1.807) is 6.20 Å². The van der Waals surface area contributed by atoms with E-state index in [9.17, 15) is 9.59 Å². The molecule has 2 amide bonds. The lowest BCUT2D eigenvalue weighted by atomic mass is 9.98. The molecule has 0 saturated carbocycles. The second kappa shape index (κ2) is 25.0. The molecule has 8 N–H and O–H groups in total. The molecule has 389 valence electrons. The quantitative estimate of drug-likeness (QED) is 0.0441. The third-order valence-corrected chi connectivity index (χ3v) is 13.9. The number of halogens is 1. The normalized spacial score (nSPS) is 12.7. The Balaban J connectivity index is 0.000000247. The predicted molar refractivity (Wildman–Crippen MR) is 306 cm³/mol. The molecule has 3 radical (unpaired) electrons. The lowest BCUT2D eigenvalue weighted by molar-refractivity contribution is -0.125. The van der Waals surface area contributed by atoms with Gasteiger partial charge in [-0.15, -0.1) is 0 Å². The molecule has 0 bridgehead atoms. The number of nitrogens with zero attached hydrogens (tertiary/aromatic N) is 2. The maximum absolute atomic E-state index is 14.3. The van der Waals surface area contributed by atoms with E-state index in [1.807, 2.05) is 152 Å². The summed E-state index contributed by atoms with van der Waals surface area (Å²) in [5, 5.41) is 8.27. The maximum Gasteiger partial charge on any atom is 0.407 e. The Morgan fingerprint density at radius 1 is 0.577 bits per heavy atom. The van der Waals surface area contributed by atoms with Crippen LogP contribution >= 0.6 is 0 Å². The number of imidazole rings is 2. The molecule has 3 atom stereocenters. The van der Waals surface area contributed by atoms with Gasteiger partial charge in [-0.3, -0.25) is 9.50 Å². The molecule has 4 heterocycles. The van der Waals surface area contributed by atoms with Crippen LogP contribution in [0, 0.1) is 0 Å². The van der Waals surface area contributed by atoms with Gasteiger partial charge in [-0.05, 0) is 68.6 Å². The zero-order chi connectivity index (χ0) is 51.6. The first-order valence-corrected chi connectivity index (χ1v) is 25.5. The molecular formula is C63H58BFN9O4. The zero-order valence-electron chi connectivity index (χ0n) is 42.6. The van der Waals surface area contributed by atoms with Crippen LogP contribution in [-0.2, 0) is 33.7 Å². The van der Waals surface area contributed by atoms with Crippen molar-refractivity contribution in [2.24, 2.45) is 5.73 Å². The fraction of sp³-hybridized carbons (Fsp3) is 0.143. The van der Waals surface area contributed by atoms with Crippen molar-refractivity contribution < 1.29 is 23.8 Å². The van der Waals surface area contributed by atoms with Crippen LogP contribution < -0.4 is 16.4 Å². The van der Waals surface area contributed by atoms with Crippen LogP contribution in [0.4, 0.5) is 9.50 Å². The molecule has 0 saturated heterocycles. The average molecular weight is 1040 g/mol. The summed E-state index contributed by atoms with van der Waals surface area (Å²) in [5.74, 6) is 0.865. The van der Waals surface area contributed by atoms with Crippen molar-refractivity contribution in [3.63, 3.8) is 0 Å². The Bertz CT molecular complexity index is 3670. The number of para-hydroxylation sites is 2. The first-order valence-electron chi connectivity index (χ1n) is 25.5. The van der Waals surface area contributed by atoms with Crippen LogP contribution in [0.2, 0.25) is 0 Å². The van der Waals surface area contributed by atoms with Crippen LogP contribution in [0.1, 0.15) is 57.5 Å². The Hall–Kier alpha value is -9.31. The van der Waals surface area contributed by atoms with E-state index in [1.165, 1.54) is 10.9 Å². The molecule has 12 rings (SSSR count). The van der Waals surface area contributed by atoms with Crippen molar-refractivity contribution in [2.45, 2.75) is 43.5 Å². The van der Waals surface area contributed by atoms with Crippen molar-refractivity contribution in [3.05, 3.63) is 252 Å². The van der Waals surface area contributed by atoms with Crippen molar-refractivity contribution in [3.8, 4) is 33.6 Å². The minimum absolute atomic E-state index is 0. The van der Waals surface area contributed by atoms with E-state index in [4.69, 9.17) is 20.2 Å². The number of carbonyl (C=O) groups excluding carboxylic acids is 2. The summed E-state index contributed by atoms with van der Waals surface area (Å²) in [6.07, 6.45) is 8.10. The Morgan fingerprint density at radius 3 is 1.65 bits per heavy atom. The number of fused-ring (bicyclic) bond motifs is 5. The molecule has 78 heavy (non-hydrogen) atoms. The average Bonchev–Trinajstić information content (AvgIpc) is 4.35. The number of hydrogen-bond acceptors (Lipinski definition) is 7. The van der Waals surface area contributed by atoms with E-state index >= 15 is 0 Å². The standard InChI is InChI=1S/C44H39N5O4.C19H18N4.B.FH/c50-43(48-39(23-31-24-45-38-22-12-11-17-32(31)38)42-46-25-40(47-42)30-15-5-2-6-16-30)41(28-52-26-29-13-3-1-4-14-29)49-44(51)53-27-37-35-20-9-7-18-33(35)34-19-8-10-21-36(34)37;20-16(10-14-11-21-17-9-5-4-8-15(14)17)19-22-12-18(23-19)13-6-2-1-3-7-13;;/h1-22,24-25,37,39,41,45H,23,26-28H2,(H,46,47)(H,48,50)(H,49,51);1-9,11-12,16,21H,10,20H2,(H,22,23);;1H/t39-,41-;16-;;/m11../s1. The fourth-order valence-electron chi connectivity index (χ4n) is 10.0. The van der Waals surface area contributed by atoms with Gasteiger partial charge in [-0.2, -0.15) is 0 Å². The van der Waals surface area contributed by atoms with Crippen LogP contribution in [0.15, 0.2) is 213 Å². The van der Waals surface area contributed by atoms with Crippen LogP contribution in [0.25, 0.3) is 55.4 Å². The van der Waals surface area contributed by atoms with Crippen molar-refractivity contribution in [1.29, 1.82) is 0 Å². The van der Waals surface area contributed by atoms with Crippen molar-refractivity contribution in [2.75, 3.05) is 13.2 Å². The Labute approximate surface area is 453 Å². The molecule has 11 aromatic rings. The molecule has 0 fully saturated rings. The predicted octanol–water partition coefficient (Wildman–Crippen LogP) is 11.7. The van der Waals surface area contributed by atoms with Crippen LogP contribution in [-0.4, -0.2) is 69.6 Å². The number of nitrogens with two attached hydrogens (primary N) is 1. The molecule has 4 aromatic heterocycles. The summed E-state index contributed by atoms with van der Waals surface area (Å²) < 4.78 is 11.9. The van der Waals surface area contributed by atoms with Gasteiger partial charge < -0.3 is 45.8 Å². The van der Waals surface area contributed by atoms with Gasteiger partial charge in [0, 0.05) is 55.0 Å². The monoisotopic (exact) mass is 1030 g/mol. The third kappa shape index (κ3) is 12.2. The highest BCUT2D eigenvalue weighted by molar-refractivity contribution is 5.87. The lowest BCUT2D eigenvalue weighted by Gasteiger charge is -2.23. The minimum atomic E-state index is -1.05. The number of amides is 2. The summed E-state index contributed by atoms with van der Waals surface area (Å²) in [6, 6.07) is 60.6. The molecule has 13 nitrogen and oxygen atoms in total. The molecule has 7 aromatic carbocycles. The van der Waals surface area contributed by atoms with E-state index in [-0.39, 0.29) is 44.9 Å². The first kappa shape index (κ1) is 53.5. The smallest absolute Gasteiger partial charge is 0.407 e. The number of aromatic amines is 4. The van der Waals surface area contributed by atoms with Crippen LogP contribution in [0.5, 0.6) is 0 Å². The fourth-order valence-corrected chi connectivity index (χ4v) is 10.0. The Kier molecular flexibility index (Phi) is 17.2. The highest BCUT2D eigenvalue weighted by Crippen LogP contribution is 2.44. The van der Waals surface area contributed by atoms with E-state index in [0.29, 0.717) is 12.2 Å².